The highest BCUT2D eigenvalue weighted by Gasteiger charge is 2.35. The van der Waals surface area contributed by atoms with Crippen LogP contribution >= 0.6 is 0 Å². The lowest BCUT2D eigenvalue weighted by atomic mass is 9.90. The highest BCUT2D eigenvalue weighted by molar-refractivity contribution is 4.92. The van der Waals surface area contributed by atoms with Crippen LogP contribution in [0.25, 0.3) is 0 Å². The zero-order valence-corrected chi connectivity index (χ0v) is 14.6. The van der Waals surface area contributed by atoms with Gasteiger partial charge in [-0.25, -0.2) is 0 Å². The van der Waals surface area contributed by atoms with Crippen molar-refractivity contribution in [3.05, 3.63) is 0 Å². The molecule has 132 valence electrons. The highest BCUT2D eigenvalue weighted by atomic mass is 16.5. The molecule has 0 aliphatic carbocycles. The average molecular weight is 322 g/mol. The first-order chi connectivity index (χ1) is 11.4. The van der Waals surface area contributed by atoms with Crippen molar-refractivity contribution >= 4 is 0 Å². The quantitative estimate of drug-likeness (QED) is 0.813. The molecule has 4 saturated heterocycles. The van der Waals surface area contributed by atoms with E-state index in [4.69, 9.17) is 4.74 Å². The SMILES string of the molecule is C1CCN(C2CCN(CC3CCNCC3N3CCOCC3)C2)C1. The maximum atomic E-state index is 5.55. The molecule has 0 aromatic carbocycles. The lowest BCUT2D eigenvalue weighted by Crippen LogP contribution is -2.56. The molecule has 5 nitrogen and oxygen atoms in total. The van der Waals surface area contributed by atoms with E-state index in [2.05, 4.69) is 20.0 Å². The van der Waals surface area contributed by atoms with Crippen LogP contribution in [0, 0.1) is 5.92 Å². The monoisotopic (exact) mass is 322 g/mol. The van der Waals surface area contributed by atoms with E-state index in [-0.39, 0.29) is 0 Å². The van der Waals surface area contributed by atoms with Gasteiger partial charge in [-0.1, -0.05) is 0 Å². The first kappa shape index (κ1) is 16.3. The standard InChI is InChI=1S/C18H34N4O/c1-2-7-21(6-1)17-4-8-20(15-17)14-16-3-5-19-13-18(16)22-9-11-23-12-10-22/h16-19H,1-15H2. The topological polar surface area (TPSA) is 31.0 Å². The van der Waals surface area contributed by atoms with E-state index in [1.807, 2.05) is 0 Å². The second-order valence-electron chi connectivity index (χ2n) is 7.91. The Morgan fingerprint density at radius 3 is 2.57 bits per heavy atom. The Hall–Kier alpha value is -0.200. The maximum Gasteiger partial charge on any atom is 0.0594 e. The van der Waals surface area contributed by atoms with Crippen molar-refractivity contribution < 1.29 is 4.74 Å². The number of morpholine rings is 1. The number of likely N-dealkylation sites (tertiary alicyclic amines) is 2. The summed E-state index contributed by atoms with van der Waals surface area (Å²) in [6.45, 7) is 13.1. The van der Waals surface area contributed by atoms with E-state index in [1.165, 1.54) is 71.5 Å². The summed E-state index contributed by atoms with van der Waals surface area (Å²) >= 11 is 0. The van der Waals surface area contributed by atoms with Crippen molar-refractivity contribution in [2.45, 2.75) is 37.8 Å². The van der Waals surface area contributed by atoms with Gasteiger partial charge in [0.05, 0.1) is 13.2 Å². The van der Waals surface area contributed by atoms with Gasteiger partial charge in [-0.3, -0.25) is 9.80 Å². The molecular weight excluding hydrogens is 288 g/mol. The molecule has 4 heterocycles. The van der Waals surface area contributed by atoms with Gasteiger partial charge >= 0.3 is 0 Å². The third kappa shape index (κ3) is 3.90. The van der Waals surface area contributed by atoms with Gasteiger partial charge in [0.1, 0.15) is 0 Å². The Kier molecular flexibility index (Phi) is 5.51. The maximum absolute atomic E-state index is 5.55. The summed E-state index contributed by atoms with van der Waals surface area (Å²) in [4.78, 5) is 8.21. The molecule has 0 aromatic heterocycles. The fourth-order valence-corrected chi connectivity index (χ4v) is 5.16. The smallest absolute Gasteiger partial charge is 0.0594 e. The van der Waals surface area contributed by atoms with Crippen molar-refractivity contribution in [2.24, 2.45) is 5.92 Å². The molecule has 0 aromatic rings. The molecule has 0 amide bonds. The molecule has 0 saturated carbocycles. The number of piperidine rings is 1. The zero-order chi connectivity index (χ0) is 15.5. The molecule has 4 rings (SSSR count). The fourth-order valence-electron chi connectivity index (χ4n) is 5.16. The number of nitrogens with zero attached hydrogens (tertiary/aromatic N) is 3. The summed E-state index contributed by atoms with van der Waals surface area (Å²) in [5.41, 5.74) is 0. The van der Waals surface area contributed by atoms with Crippen LogP contribution in [0.2, 0.25) is 0 Å². The van der Waals surface area contributed by atoms with Crippen molar-refractivity contribution in [1.29, 1.82) is 0 Å². The van der Waals surface area contributed by atoms with Crippen molar-refractivity contribution in [3.63, 3.8) is 0 Å². The lowest BCUT2D eigenvalue weighted by Gasteiger charge is -2.43. The molecule has 3 atom stereocenters. The summed E-state index contributed by atoms with van der Waals surface area (Å²) in [5.74, 6) is 0.840. The summed E-state index contributed by atoms with van der Waals surface area (Å²) < 4.78 is 5.55. The van der Waals surface area contributed by atoms with Crippen LogP contribution in [-0.4, -0.2) is 98.9 Å². The van der Waals surface area contributed by atoms with E-state index >= 15 is 0 Å². The average Bonchev–Trinajstić information content (AvgIpc) is 3.27. The van der Waals surface area contributed by atoms with Gasteiger partial charge in [0.15, 0.2) is 0 Å². The largest absolute Gasteiger partial charge is 0.379 e. The van der Waals surface area contributed by atoms with E-state index in [1.54, 1.807) is 0 Å². The first-order valence-corrected chi connectivity index (χ1v) is 9.89. The summed E-state index contributed by atoms with van der Waals surface area (Å²) in [6.07, 6.45) is 5.58. The van der Waals surface area contributed by atoms with E-state index in [0.717, 1.165) is 44.3 Å². The Bertz CT molecular complexity index is 368. The van der Waals surface area contributed by atoms with Crippen molar-refractivity contribution in [3.8, 4) is 0 Å². The third-order valence-corrected chi connectivity index (χ3v) is 6.50. The van der Waals surface area contributed by atoms with Gasteiger partial charge in [0, 0.05) is 44.8 Å². The van der Waals surface area contributed by atoms with Gasteiger partial charge in [0.25, 0.3) is 0 Å². The Labute approximate surface area is 141 Å². The van der Waals surface area contributed by atoms with Gasteiger partial charge < -0.3 is 15.0 Å². The lowest BCUT2D eigenvalue weighted by molar-refractivity contribution is -0.00778. The van der Waals surface area contributed by atoms with Crippen LogP contribution in [0.5, 0.6) is 0 Å². The van der Waals surface area contributed by atoms with Crippen LogP contribution in [0.15, 0.2) is 0 Å². The van der Waals surface area contributed by atoms with E-state index in [9.17, 15) is 0 Å². The molecule has 4 fully saturated rings. The molecule has 23 heavy (non-hydrogen) atoms. The third-order valence-electron chi connectivity index (χ3n) is 6.50. The molecule has 0 bridgehead atoms. The van der Waals surface area contributed by atoms with E-state index < -0.39 is 0 Å². The van der Waals surface area contributed by atoms with E-state index in [0.29, 0.717) is 0 Å². The minimum atomic E-state index is 0.721. The van der Waals surface area contributed by atoms with Gasteiger partial charge in [-0.05, 0) is 57.8 Å². The summed E-state index contributed by atoms with van der Waals surface area (Å²) in [5, 5.41) is 3.63. The first-order valence-electron chi connectivity index (χ1n) is 9.89. The number of rotatable bonds is 4. The number of hydrogen-bond acceptors (Lipinski definition) is 5. The summed E-state index contributed by atoms with van der Waals surface area (Å²) in [7, 11) is 0. The van der Waals surface area contributed by atoms with Crippen LogP contribution in [-0.2, 0) is 4.74 Å². The molecule has 5 heteroatoms. The predicted octanol–water partition coefficient (Wildman–Crippen LogP) is 0.467. The van der Waals surface area contributed by atoms with Crippen LogP contribution in [0.4, 0.5) is 0 Å². The Morgan fingerprint density at radius 1 is 0.913 bits per heavy atom. The van der Waals surface area contributed by atoms with Crippen molar-refractivity contribution in [2.75, 3.05) is 72.1 Å². The Balaban J connectivity index is 1.31. The van der Waals surface area contributed by atoms with Crippen LogP contribution in [0.3, 0.4) is 0 Å². The molecule has 4 aliphatic heterocycles. The van der Waals surface area contributed by atoms with Crippen molar-refractivity contribution in [1.82, 2.24) is 20.0 Å². The highest BCUT2D eigenvalue weighted by Crippen LogP contribution is 2.25. The number of hydrogen-bond donors (Lipinski definition) is 1. The molecule has 0 spiro atoms. The molecule has 1 N–H and O–H groups in total. The molecule has 3 unspecified atom stereocenters. The number of ether oxygens (including phenoxy) is 1. The second kappa shape index (κ2) is 7.79. The number of nitrogens with one attached hydrogen (secondary N) is 1. The second-order valence-corrected chi connectivity index (χ2v) is 7.91. The minimum absolute atomic E-state index is 0.721. The normalized spacial score (nSPS) is 38.3. The van der Waals surface area contributed by atoms with Crippen LogP contribution < -0.4 is 5.32 Å². The van der Waals surface area contributed by atoms with Gasteiger partial charge in [-0.15, -0.1) is 0 Å². The minimum Gasteiger partial charge on any atom is -0.379 e. The summed E-state index contributed by atoms with van der Waals surface area (Å²) in [6, 6.07) is 1.57. The van der Waals surface area contributed by atoms with Gasteiger partial charge in [0.2, 0.25) is 0 Å². The molecule has 0 radical (unpaired) electrons. The predicted molar refractivity (Wildman–Crippen MR) is 92.8 cm³/mol. The molecular formula is C18H34N4O. The zero-order valence-electron chi connectivity index (χ0n) is 14.6. The van der Waals surface area contributed by atoms with Gasteiger partial charge in [-0.2, -0.15) is 0 Å². The fraction of sp³-hybridized carbons (Fsp3) is 1.00. The Morgan fingerprint density at radius 2 is 1.74 bits per heavy atom. The molecule has 4 aliphatic rings. The van der Waals surface area contributed by atoms with Crippen LogP contribution in [0.1, 0.15) is 25.7 Å².